The van der Waals surface area contributed by atoms with E-state index in [9.17, 15) is 0 Å². The Morgan fingerprint density at radius 3 is 2.68 bits per heavy atom. The van der Waals surface area contributed by atoms with E-state index < -0.39 is 0 Å². The lowest BCUT2D eigenvalue weighted by molar-refractivity contribution is 0.143. The zero-order chi connectivity index (χ0) is 17.0. The van der Waals surface area contributed by atoms with Crippen molar-refractivity contribution in [2.24, 2.45) is 4.99 Å². The third-order valence-electron chi connectivity index (χ3n) is 4.04. The van der Waals surface area contributed by atoms with Gasteiger partial charge < -0.3 is 20.1 Å². The number of halogens is 1. The van der Waals surface area contributed by atoms with E-state index in [1.165, 1.54) is 32.1 Å². The molecule has 1 aromatic heterocycles. The lowest BCUT2D eigenvalue weighted by Crippen LogP contribution is -2.44. The van der Waals surface area contributed by atoms with Crippen molar-refractivity contribution in [1.82, 2.24) is 15.6 Å². The molecular formula is C18H31IN4O2. The van der Waals surface area contributed by atoms with Crippen LogP contribution in [0.4, 0.5) is 0 Å². The van der Waals surface area contributed by atoms with E-state index in [-0.39, 0.29) is 24.0 Å². The van der Waals surface area contributed by atoms with Crippen molar-refractivity contribution < 1.29 is 9.47 Å². The first-order valence-corrected chi connectivity index (χ1v) is 8.93. The van der Waals surface area contributed by atoms with Gasteiger partial charge in [-0.3, -0.25) is 0 Å². The zero-order valence-electron chi connectivity index (χ0n) is 15.3. The van der Waals surface area contributed by atoms with E-state index in [1.807, 2.05) is 18.3 Å². The number of hydrogen-bond acceptors (Lipinski definition) is 4. The highest BCUT2D eigenvalue weighted by Crippen LogP contribution is 2.17. The van der Waals surface area contributed by atoms with Crippen LogP contribution in [0.2, 0.25) is 0 Å². The number of rotatable bonds is 8. The zero-order valence-corrected chi connectivity index (χ0v) is 17.6. The Balaban J connectivity index is 0.00000312. The Kier molecular flexibility index (Phi) is 11.6. The summed E-state index contributed by atoms with van der Waals surface area (Å²) in [5, 5.41) is 6.88. The monoisotopic (exact) mass is 462 g/mol. The Morgan fingerprint density at radius 1 is 1.24 bits per heavy atom. The number of hydrogen-bond donors (Lipinski definition) is 2. The van der Waals surface area contributed by atoms with Gasteiger partial charge in [0.1, 0.15) is 6.61 Å². The highest BCUT2D eigenvalue weighted by molar-refractivity contribution is 14.0. The molecule has 0 saturated heterocycles. The van der Waals surface area contributed by atoms with Gasteiger partial charge in [0, 0.05) is 32.0 Å². The molecule has 0 spiro atoms. The fraction of sp³-hybridized carbons (Fsp3) is 0.667. The molecule has 2 N–H and O–H groups in total. The van der Waals surface area contributed by atoms with E-state index in [1.54, 1.807) is 7.11 Å². The minimum atomic E-state index is 0. The molecule has 0 radical (unpaired) electrons. The summed E-state index contributed by atoms with van der Waals surface area (Å²) in [4.78, 5) is 8.98. The molecule has 1 fully saturated rings. The average molecular weight is 462 g/mol. The number of aromatic nitrogens is 1. The van der Waals surface area contributed by atoms with Gasteiger partial charge in [-0.25, -0.2) is 9.98 Å². The summed E-state index contributed by atoms with van der Waals surface area (Å²) in [6.07, 6.45) is 8.27. The summed E-state index contributed by atoms with van der Waals surface area (Å²) < 4.78 is 10.4. The van der Waals surface area contributed by atoms with Gasteiger partial charge in [-0.1, -0.05) is 25.3 Å². The second-order valence-electron chi connectivity index (χ2n) is 6.02. The van der Waals surface area contributed by atoms with Crippen molar-refractivity contribution in [3.8, 4) is 5.88 Å². The maximum absolute atomic E-state index is 5.47. The predicted molar refractivity (Wildman–Crippen MR) is 112 cm³/mol. The number of nitrogens with one attached hydrogen (secondary N) is 2. The fourth-order valence-corrected chi connectivity index (χ4v) is 2.75. The Bertz CT molecular complexity index is 490. The summed E-state index contributed by atoms with van der Waals surface area (Å²) in [7, 11) is 1.65. The summed E-state index contributed by atoms with van der Waals surface area (Å²) >= 11 is 0. The highest BCUT2D eigenvalue weighted by atomic mass is 127. The number of ether oxygens (including phenoxy) is 2. The van der Waals surface area contributed by atoms with E-state index >= 15 is 0 Å². The maximum atomic E-state index is 5.47. The molecule has 25 heavy (non-hydrogen) atoms. The minimum Gasteiger partial charge on any atom is -0.475 e. The smallest absolute Gasteiger partial charge is 0.213 e. The Morgan fingerprint density at radius 2 is 2.04 bits per heavy atom. The van der Waals surface area contributed by atoms with Crippen molar-refractivity contribution >= 4 is 29.9 Å². The van der Waals surface area contributed by atoms with Crippen LogP contribution in [0.1, 0.15) is 44.6 Å². The number of aliphatic imine (C=N–C) groups is 1. The lowest BCUT2D eigenvalue weighted by Gasteiger charge is -2.24. The molecule has 1 aromatic rings. The predicted octanol–water partition coefficient (Wildman–Crippen LogP) is 3.11. The van der Waals surface area contributed by atoms with Crippen LogP contribution in [0, 0.1) is 0 Å². The van der Waals surface area contributed by atoms with Crippen molar-refractivity contribution in [3.63, 3.8) is 0 Å². The topological polar surface area (TPSA) is 67.8 Å². The Hall–Kier alpha value is -1.09. The summed E-state index contributed by atoms with van der Waals surface area (Å²) in [6, 6.07) is 4.43. The van der Waals surface area contributed by atoms with Gasteiger partial charge in [0.2, 0.25) is 5.88 Å². The molecular weight excluding hydrogens is 431 g/mol. The van der Waals surface area contributed by atoms with E-state index in [2.05, 4.69) is 27.5 Å². The van der Waals surface area contributed by atoms with E-state index in [4.69, 9.17) is 9.47 Å². The van der Waals surface area contributed by atoms with Crippen LogP contribution in [0.5, 0.6) is 5.88 Å². The van der Waals surface area contributed by atoms with Gasteiger partial charge in [0.25, 0.3) is 0 Å². The summed E-state index contributed by atoms with van der Waals surface area (Å²) in [6.45, 7) is 4.63. The standard InChI is InChI=1S/C18H30N4O2.HI/c1-3-19-18(22-16-7-5-4-6-8-16)21-14-15-9-10-17(20-13-15)24-12-11-23-2;/h9-10,13,16H,3-8,11-12,14H2,1-2H3,(H2,19,21,22);1H. The normalized spacial score (nSPS) is 15.4. The molecule has 1 saturated carbocycles. The van der Waals surface area contributed by atoms with Crippen LogP contribution in [0.25, 0.3) is 0 Å². The molecule has 2 rings (SSSR count). The first kappa shape index (κ1) is 22.0. The third-order valence-corrected chi connectivity index (χ3v) is 4.04. The molecule has 0 unspecified atom stereocenters. The Labute approximate surface area is 168 Å². The third kappa shape index (κ3) is 8.71. The van der Waals surface area contributed by atoms with E-state index in [0.717, 1.165) is 18.1 Å². The molecule has 0 amide bonds. The minimum absolute atomic E-state index is 0. The molecule has 0 atom stereocenters. The van der Waals surface area contributed by atoms with Crippen LogP contribution in [-0.4, -0.2) is 43.9 Å². The lowest BCUT2D eigenvalue weighted by atomic mass is 9.96. The van der Waals surface area contributed by atoms with Crippen LogP contribution in [0.15, 0.2) is 23.3 Å². The largest absolute Gasteiger partial charge is 0.475 e. The molecule has 7 heteroatoms. The molecule has 0 bridgehead atoms. The number of nitrogens with zero attached hydrogens (tertiary/aromatic N) is 2. The number of guanidine groups is 1. The maximum Gasteiger partial charge on any atom is 0.213 e. The SMILES string of the molecule is CCNC(=NCc1ccc(OCCOC)nc1)NC1CCCCC1.I. The van der Waals surface area contributed by atoms with Crippen molar-refractivity contribution in [2.45, 2.75) is 51.6 Å². The van der Waals surface area contributed by atoms with Gasteiger partial charge in [-0.15, -0.1) is 24.0 Å². The van der Waals surface area contributed by atoms with Crippen LogP contribution < -0.4 is 15.4 Å². The number of pyridine rings is 1. The van der Waals surface area contributed by atoms with Crippen molar-refractivity contribution in [2.75, 3.05) is 26.9 Å². The second-order valence-corrected chi connectivity index (χ2v) is 6.02. The summed E-state index contributed by atoms with van der Waals surface area (Å²) in [5.41, 5.74) is 1.06. The molecule has 1 heterocycles. The number of methoxy groups -OCH3 is 1. The van der Waals surface area contributed by atoms with Crippen LogP contribution in [-0.2, 0) is 11.3 Å². The van der Waals surface area contributed by atoms with Gasteiger partial charge in [0.05, 0.1) is 13.2 Å². The molecule has 6 nitrogen and oxygen atoms in total. The average Bonchev–Trinajstić information content (AvgIpc) is 2.62. The first-order valence-electron chi connectivity index (χ1n) is 8.93. The van der Waals surface area contributed by atoms with E-state index in [0.29, 0.717) is 31.7 Å². The quantitative estimate of drug-likeness (QED) is 0.269. The fourth-order valence-electron chi connectivity index (χ4n) is 2.75. The van der Waals surface area contributed by atoms with Gasteiger partial charge in [0.15, 0.2) is 5.96 Å². The van der Waals surface area contributed by atoms with Crippen molar-refractivity contribution in [1.29, 1.82) is 0 Å². The summed E-state index contributed by atoms with van der Waals surface area (Å²) in [5.74, 6) is 1.51. The van der Waals surface area contributed by atoms with Gasteiger partial charge in [-0.2, -0.15) is 0 Å². The molecule has 0 aromatic carbocycles. The first-order chi connectivity index (χ1) is 11.8. The van der Waals surface area contributed by atoms with Gasteiger partial charge >= 0.3 is 0 Å². The molecule has 0 aliphatic heterocycles. The molecule has 1 aliphatic rings. The molecule has 1 aliphatic carbocycles. The second kappa shape index (κ2) is 13.2. The van der Waals surface area contributed by atoms with Gasteiger partial charge in [-0.05, 0) is 25.3 Å². The molecule has 142 valence electrons. The van der Waals surface area contributed by atoms with Crippen LogP contribution in [0.3, 0.4) is 0 Å². The van der Waals surface area contributed by atoms with Crippen LogP contribution >= 0.6 is 24.0 Å². The van der Waals surface area contributed by atoms with Crippen molar-refractivity contribution in [3.05, 3.63) is 23.9 Å². The highest BCUT2D eigenvalue weighted by Gasteiger charge is 2.14.